The maximum absolute atomic E-state index is 11.7. The average Bonchev–Trinajstić information content (AvgIpc) is 2.59. The van der Waals surface area contributed by atoms with Crippen LogP contribution in [0.4, 0.5) is 4.79 Å². The molecule has 1 atom stereocenters. The predicted octanol–water partition coefficient (Wildman–Crippen LogP) is 1.81. The third-order valence-corrected chi connectivity index (χ3v) is 4.37. The summed E-state index contributed by atoms with van der Waals surface area (Å²) < 4.78 is 9.71. The number of ether oxygens (including phenoxy) is 2. The number of rotatable bonds is 7. The van der Waals surface area contributed by atoms with Crippen LogP contribution in [-0.4, -0.2) is 60.3 Å². The van der Waals surface area contributed by atoms with Crippen molar-refractivity contribution < 1.29 is 29.0 Å². The van der Waals surface area contributed by atoms with Crippen molar-refractivity contribution in [2.75, 3.05) is 20.3 Å². The zero-order valence-corrected chi connectivity index (χ0v) is 15.6. The summed E-state index contributed by atoms with van der Waals surface area (Å²) in [6, 6.07) is -0.866. The lowest BCUT2D eigenvalue weighted by atomic mass is 9.83. The summed E-state index contributed by atoms with van der Waals surface area (Å²) >= 11 is 0. The molecule has 0 aromatic carbocycles. The molecule has 0 saturated heterocycles. The largest absolute Gasteiger partial charge is 0.480 e. The molecule has 0 aromatic heterocycles. The second-order valence-electron chi connectivity index (χ2n) is 6.72. The minimum absolute atomic E-state index is 0.0557. The fourth-order valence-corrected chi connectivity index (χ4v) is 2.94. The molecule has 1 aliphatic rings. The Bertz CT molecular complexity index is 517. The van der Waals surface area contributed by atoms with Crippen LogP contribution in [0.15, 0.2) is 0 Å². The van der Waals surface area contributed by atoms with Crippen molar-refractivity contribution in [1.29, 1.82) is 5.41 Å². The molecule has 3 N–H and O–H groups in total. The van der Waals surface area contributed by atoms with Crippen molar-refractivity contribution >= 4 is 24.0 Å². The average molecular weight is 371 g/mol. The van der Waals surface area contributed by atoms with Gasteiger partial charge in [-0.15, -0.1) is 0 Å². The molecule has 9 heteroatoms. The number of nitrogens with zero attached hydrogens (tertiary/aromatic N) is 1. The van der Waals surface area contributed by atoms with Crippen molar-refractivity contribution in [3.05, 3.63) is 0 Å². The number of carboxylic acid groups (broad SMARTS) is 1. The molecular weight excluding hydrogens is 342 g/mol. The smallest absolute Gasteiger partial charge is 0.414 e. The number of hydrogen-bond acceptors (Lipinski definition) is 6. The minimum atomic E-state index is -1.01. The molecule has 0 spiro atoms. The van der Waals surface area contributed by atoms with Gasteiger partial charge in [-0.1, -0.05) is 33.1 Å². The molecule has 0 bridgehead atoms. The van der Waals surface area contributed by atoms with Crippen LogP contribution >= 0.6 is 0 Å². The summed E-state index contributed by atoms with van der Waals surface area (Å²) in [4.78, 5) is 35.9. The number of aliphatic carboxylic acids is 1. The molecule has 1 fully saturated rings. The first-order chi connectivity index (χ1) is 12.2. The van der Waals surface area contributed by atoms with Crippen LogP contribution in [-0.2, 0) is 19.1 Å². The Balaban J connectivity index is 2.44. The second-order valence-corrected chi connectivity index (χ2v) is 6.72. The lowest BCUT2D eigenvalue weighted by Gasteiger charge is -2.34. The van der Waals surface area contributed by atoms with E-state index in [2.05, 4.69) is 5.32 Å². The van der Waals surface area contributed by atoms with Crippen LogP contribution in [0, 0.1) is 17.2 Å². The Morgan fingerprint density at radius 3 is 2.27 bits per heavy atom. The highest BCUT2D eigenvalue weighted by atomic mass is 16.6. The molecule has 9 nitrogen and oxygen atoms in total. The van der Waals surface area contributed by atoms with Gasteiger partial charge in [0, 0.05) is 7.05 Å². The van der Waals surface area contributed by atoms with E-state index in [0.29, 0.717) is 0 Å². The Hall–Kier alpha value is -2.32. The van der Waals surface area contributed by atoms with E-state index in [0.717, 1.165) is 32.1 Å². The number of likely N-dealkylation sites (N-methyl/N-ethyl adjacent to an activating group) is 1. The number of esters is 1. The molecular formula is C17H29N3O6. The quantitative estimate of drug-likeness (QED) is 0.269. The Morgan fingerprint density at radius 2 is 1.73 bits per heavy atom. The fraction of sp³-hybridized carbons (Fsp3) is 0.765. The van der Waals surface area contributed by atoms with E-state index in [1.54, 1.807) is 13.8 Å². The first kappa shape index (κ1) is 21.7. The van der Waals surface area contributed by atoms with Crippen LogP contribution in [0.2, 0.25) is 0 Å². The normalized spacial score (nSPS) is 15.8. The van der Waals surface area contributed by atoms with Crippen LogP contribution < -0.4 is 5.32 Å². The number of alkyl carbamates (subject to hydrolysis) is 1. The van der Waals surface area contributed by atoms with Gasteiger partial charge in [-0.2, -0.15) is 0 Å². The number of carbonyl (C=O) groups is 3. The Kier molecular flexibility index (Phi) is 8.87. The van der Waals surface area contributed by atoms with E-state index >= 15 is 0 Å². The summed E-state index contributed by atoms with van der Waals surface area (Å²) in [7, 11) is 1.47. The van der Waals surface area contributed by atoms with Crippen molar-refractivity contribution in [2.24, 2.45) is 11.8 Å². The number of carbonyl (C=O) groups excluding carboxylic acids is 2. The molecule has 1 unspecified atom stereocenters. The first-order valence-corrected chi connectivity index (χ1v) is 8.88. The van der Waals surface area contributed by atoms with Crippen molar-refractivity contribution in [3.8, 4) is 0 Å². The molecule has 26 heavy (non-hydrogen) atoms. The van der Waals surface area contributed by atoms with E-state index in [1.165, 1.54) is 11.9 Å². The number of nitrogens with one attached hydrogen (secondary N) is 2. The zero-order valence-electron chi connectivity index (χ0n) is 15.6. The first-order valence-electron chi connectivity index (χ1n) is 8.88. The van der Waals surface area contributed by atoms with Gasteiger partial charge >= 0.3 is 18.0 Å². The van der Waals surface area contributed by atoms with Crippen molar-refractivity contribution in [3.63, 3.8) is 0 Å². The maximum atomic E-state index is 11.7. The lowest BCUT2D eigenvalue weighted by molar-refractivity contribution is -0.148. The molecule has 1 amide bonds. The van der Waals surface area contributed by atoms with Crippen molar-refractivity contribution in [2.45, 2.75) is 52.0 Å². The van der Waals surface area contributed by atoms with Crippen molar-refractivity contribution in [1.82, 2.24) is 10.2 Å². The van der Waals surface area contributed by atoms with E-state index in [1.807, 2.05) is 0 Å². The van der Waals surface area contributed by atoms with Gasteiger partial charge in [-0.25, -0.2) is 9.59 Å². The predicted molar refractivity (Wildman–Crippen MR) is 93.8 cm³/mol. The van der Waals surface area contributed by atoms with Crippen LogP contribution in [0.3, 0.4) is 0 Å². The van der Waals surface area contributed by atoms with E-state index in [-0.39, 0.29) is 31.0 Å². The zero-order chi connectivity index (χ0) is 19.7. The van der Waals surface area contributed by atoms with Crippen LogP contribution in [0.25, 0.3) is 0 Å². The van der Waals surface area contributed by atoms with Crippen LogP contribution in [0.1, 0.15) is 46.0 Å². The molecule has 1 rings (SSSR count). The highest BCUT2D eigenvalue weighted by Crippen LogP contribution is 2.28. The molecule has 0 aliphatic heterocycles. The van der Waals surface area contributed by atoms with Gasteiger partial charge in [-0.05, 0) is 18.8 Å². The molecule has 1 saturated carbocycles. The molecule has 0 aromatic rings. The maximum Gasteiger partial charge on any atom is 0.414 e. The fourth-order valence-electron chi connectivity index (χ4n) is 2.94. The number of guanidine groups is 1. The third kappa shape index (κ3) is 6.89. The summed E-state index contributed by atoms with van der Waals surface area (Å²) in [6.45, 7) is 3.16. The summed E-state index contributed by atoms with van der Waals surface area (Å²) in [6.07, 6.45) is 3.73. The highest BCUT2D eigenvalue weighted by molar-refractivity contribution is 5.94. The Morgan fingerprint density at radius 1 is 1.15 bits per heavy atom. The summed E-state index contributed by atoms with van der Waals surface area (Å²) in [5.41, 5.74) is 0. The second kappa shape index (κ2) is 10.6. The molecule has 0 radical (unpaired) electrons. The molecule has 148 valence electrons. The highest BCUT2D eigenvalue weighted by Gasteiger charge is 2.34. The van der Waals surface area contributed by atoms with Gasteiger partial charge < -0.3 is 19.5 Å². The number of amides is 1. The molecule has 0 heterocycles. The van der Waals surface area contributed by atoms with Gasteiger partial charge in [0.25, 0.3) is 0 Å². The number of hydrogen-bond donors (Lipinski definition) is 3. The summed E-state index contributed by atoms with van der Waals surface area (Å²) in [5, 5.41) is 19.7. The van der Waals surface area contributed by atoms with E-state index in [9.17, 15) is 19.5 Å². The topological polar surface area (TPSA) is 129 Å². The van der Waals surface area contributed by atoms with Gasteiger partial charge in [0.05, 0.1) is 5.92 Å². The van der Waals surface area contributed by atoms with Crippen LogP contribution in [0.5, 0.6) is 0 Å². The van der Waals surface area contributed by atoms with Gasteiger partial charge in [0.1, 0.15) is 19.3 Å². The Labute approximate surface area is 153 Å². The third-order valence-electron chi connectivity index (χ3n) is 4.37. The minimum Gasteiger partial charge on any atom is -0.480 e. The van der Waals surface area contributed by atoms with E-state index < -0.39 is 24.1 Å². The summed E-state index contributed by atoms with van der Waals surface area (Å²) in [5.74, 6) is -2.07. The lowest BCUT2D eigenvalue weighted by Crippen LogP contribution is -2.52. The standard InChI is InChI=1S/C17H29N3O6/c1-11(2)15(23)25-9-10-26-17(24)19-16(18)20(3)13(14(21)22)12-7-5-4-6-8-12/h11-13H,4-10H2,1-3H3,(H,21,22)(H2,18,19,24). The SMILES string of the molecule is CC(C)C(=O)OCCOC(=O)NC(=N)N(C)C(C(=O)O)C1CCCCC1. The number of carboxylic acids is 1. The molecule has 1 aliphatic carbocycles. The van der Waals surface area contributed by atoms with Gasteiger partial charge in [-0.3, -0.25) is 15.5 Å². The van der Waals surface area contributed by atoms with E-state index in [4.69, 9.17) is 14.9 Å². The van der Waals surface area contributed by atoms with Gasteiger partial charge in [0.2, 0.25) is 5.96 Å². The monoisotopic (exact) mass is 371 g/mol. The van der Waals surface area contributed by atoms with Gasteiger partial charge in [0.15, 0.2) is 0 Å².